The van der Waals surface area contributed by atoms with Gasteiger partial charge in [-0.2, -0.15) is 5.10 Å². The number of imidazole rings is 1. The van der Waals surface area contributed by atoms with Crippen molar-refractivity contribution in [2.75, 3.05) is 44.8 Å². The first-order valence-corrected chi connectivity index (χ1v) is 13.6. The molecule has 0 bridgehead atoms. The number of ether oxygens (including phenoxy) is 2. The number of para-hydroxylation sites is 2. The number of rotatable bonds is 8. The van der Waals surface area contributed by atoms with Crippen molar-refractivity contribution >= 4 is 44.6 Å². The highest BCUT2D eigenvalue weighted by atomic mass is 32.1. The minimum absolute atomic E-state index is 0.237. The molecule has 0 atom stereocenters. The van der Waals surface area contributed by atoms with E-state index in [9.17, 15) is 4.79 Å². The third-order valence-corrected chi connectivity index (χ3v) is 7.01. The molecule has 0 radical (unpaired) electrons. The molecule has 198 valence electrons. The van der Waals surface area contributed by atoms with Crippen molar-refractivity contribution in [2.45, 2.75) is 13.8 Å². The van der Waals surface area contributed by atoms with Crippen LogP contribution in [0.1, 0.15) is 23.0 Å². The van der Waals surface area contributed by atoms with Crippen LogP contribution in [0, 0.1) is 6.92 Å². The van der Waals surface area contributed by atoms with Crippen LogP contribution in [-0.2, 0) is 11.8 Å². The number of hydrogen-bond donors (Lipinski definition) is 1. The summed E-state index contributed by atoms with van der Waals surface area (Å²) in [6.45, 7) is 8.64. The summed E-state index contributed by atoms with van der Waals surface area (Å²) in [6, 6.07) is 15.4. The smallest absolute Gasteiger partial charge is 0.259 e. The van der Waals surface area contributed by atoms with Gasteiger partial charge >= 0.3 is 0 Å². The average molecular weight is 533 g/mol. The molecule has 2 aromatic carbocycles. The summed E-state index contributed by atoms with van der Waals surface area (Å²) < 4.78 is 15.4. The highest BCUT2D eigenvalue weighted by Gasteiger charge is 2.21. The molecule has 1 N–H and O–H groups in total. The number of amides is 1. The Kier molecular flexibility index (Phi) is 8.02. The quantitative estimate of drug-likeness (QED) is 0.347. The first kappa shape index (κ1) is 25.9. The van der Waals surface area contributed by atoms with E-state index in [1.54, 1.807) is 28.7 Å². The number of anilines is 1. The van der Waals surface area contributed by atoms with Crippen LogP contribution in [0.3, 0.4) is 0 Å². The second-order valence-corrected chi connectivity index (χ2v) is 9.96. The van der Waals surface area contributed by atoms with Crippen LogP contribution in [0.25, 0.3) is 22.4 Å². The summed E-state index contributed by atoms with van der Waals surface area (Å²) in [4.78, 5) is 20.7. The number of carbonyl (C=O) groups is 1. The second-order valence-electron chi connectivity index (χ2n) is 9.00. The largest absolute Gasteiger partial charge is 0.491 e. The molecule has 1 aliphatic heterocycles. The molecule has 9 nitrogen and oxygen atoms in total. The Morgan fingerprint density at radius 1 is 1.18 bits per heavy atom. The SMILES string of the molecule is CC=S=Cn1c(-c2ccccc2OCCN2CCOCC2)nc2c(C(=O)Nc3cc(C)nn3C)cccc21. The molecule has 4 aromatic rings. The second kappa shape index (κ2) is 11.8. The molecule has 3 heterocycles. The molecule has 1 fully saturated rings. The topological polar surface area (TPSA) is 86.4 Å². The van der Waals surface area contributed by atoms with Crippen molar-refractivity contribution in [1.82, 2.24) is 24.2 Å². The molecular formula is C28H32N6O3S. The Balaban J connectivity index is 1.51. The number of morpholine rings is 1. The third-order valence-electron chi connectivity index (χ3n) is 6.41. The molecule has 38 heavy (non-hydrogen) atoms. The summed E-state index contributed by atoms with van der Waals surface area (Å²) >= 11 is 0. The molecule has 0 saturated carbocycles. The van der Waals surface area contributed by atoms with Crippen molar-refractivity contribution in [3.05, 3.63) is 59.8 Å². The summed E-state index contributed by atoms with van der Waals surface area (Å²) in [7, 11) is 3.36. The number of benzene rings is 2. The monoisotopic (exact) mass is 532 g/mol. The number of carbonyl (C=O) groups excluding carboxylic acids is 1. The van der Waals surface area contributed by atoms with Crippen LogP contribution in [0.15, 0.2) is 48.5 Å². The first-order valence-electron chi connectivity index (χ1n) is 12.7. The van der Waals surface area contributed by atoms with Gasteiger partial charge in [-0.05, 0) is 43.5 Å². The van der Waals surface area contributed by atoms with Gasteiger partial charge in [0.2, 0.25) is 0 Å². The van der Waals surface area contributed by atoms with Gasteiger partial charge in [-0.1, -0.05) is 18.2 Å². The zero-order valence-corrected chi connectivity index (χ0v) is 22.7. The molecule has 2 aromatic heterocycles. The van der Waals surface area contributed by atoms with E-state index in [4.69, 9.17) is 14.5 Å². The minimum Gasteiger partial charge on any atom is -0.491 e. The van der Waals surface area contributed by atoms with E-state index in [1.165, 1.54) is 0 Å². The molecule has 10 heteroatoms. The molecular weight excluding hydrogens is 500 g/mol. The Labute approximate surface area is 225 Å². The van der Waals surface area contributed by atoms with Gasteiger partial charge in [0.05, 0.1) is 41.0 Å². The number of hydrogen-bond acceptors (Lipinski definition) is 6. The predicted molar refractivity (Wildman–Crippen MR) is 155 cm³/mol. The van der Waals surface area contributed by atoms with E-state index in [0.717, 1.165) is 55.4 Å². The molecule has 1 saturated heterocycles. The maximum absolute atomic E-state index is 13.4. The van der Waals surface area contributed by atoms with Crippen LogP contribution in [0.2, 0.25) is 0 Å². The normalized spacial score (nSPS) is 13.9. The van der Waals surface area contributed by atoms with E-state index in [-0.39, 0.29) is 5.91 Å². The maximum atomic E-state index is 13.4. The molecule has 0 aliphatic carbocycles. The molecule has 1 amide bonds. The summed E-state index contributed by atoms with van der Waals surface area (Å²) in [5, 5.41) is 9.30. The molecule has 5 rings (SSSR count). The zero-order chi connectivity index (χ0) is 26.5. The minimum atomic E-state index is -0.237. The van der Waals surface area contributed by atoms with Crippen LogP contribution in [0.4, 0.5) is 5.82 Å². The van der Waals surface area contributed by atoms with E-state index in [2.05, 4.69) is 15.3 Å². The fourth-order valence-electron chi connectivity index (χ4n) is 4.52. The van der Waals surface area contributed by atoms with Gasteiger partial charge < -0.3 is 14.8 Å². The lowest BCUT2D eigenvalue weighted by molar-refractivity contribution is 0.0323. The summed E-state index contributed by atoms with van der Waals surface area (Å²) in [5.74, 6) is 1.87. The van der Waals surface area contributed by atoms with Gasteiger partial charge in [0.25, 0.3) is 5.91 Å². The highest BCUT2D eigenvalue weighted by Crippen LogP contribution is 2.32. The fraction of sp³-hybridized carbons (Fsp3) is 0.321. The number of aryl methyl sites for hydroxylation is 2. The number of nitrogens with zero attached hydrogens (tertiary/aromatic N) is 5. The lowest BCUT2D eigenvalue weighted by Gasteiger charge is -2.26. The standard InChI is InChI=1S/C28H32N6O3S/c1-4-38-19-34-23-10-7-9-22(28(35)29-25-18-20(2)31-32(25)3)26(23)30-27(34)21-8-5-6-11-24(21)37-17-14-33-12-15-36-16-13-33/h4-11,18-19H,12-17H2,1-3H3,(H,29,35). The zero-order valence-electron chi connectivity index (χ0n) is 21.9. The lowest BCUT2D eigenvalue weighted by atomic mass is 10.1. The van der Waals surface area contributed by atoms with Crippen LogP contribution < -0.4 is 10.1 Å². The van der Waals surface area contributed by atoms with Crippen molar-refractivity contribution in [3.63, 3.8) is 0 Å². The summed E-state index contributed by atoms with van der Waals surface area (Å²) in [6.07, 6.45) is 0. The average Bonchev–Trinajstić information content (AvgIpc) is 3.46. The van der Waals surface area contributed by atoms with Crippen molar-refractivity contribution in [1.29, 1.82) is 0 Å². The van der Waals surface area contributed by atoms with Crippen LogP contribution >= 0.6 is 10.9 Å². The van der Waals surface area contributed by atoms with Crippen molar-refractivity contribution in [3.8, 4) is 17.1 Å². The Morgan fingerprint density at radius 3 is 2.76 bits per heavy atom. The number of aromatic nitrogens is 4. The van der Waals surface area contributed by atoms with Gasteiger partial charge in [-0.3, -0.25) is 18.9 Å². The van der Waals surface area contributed by atoms with E-state index < -0.39 is 0 Å². The Morgan fingerprint density at radius 2 is 2.00 bits per heavy atom. The van der Waals surface area contributed by atoms with Gasteiger partial charge in [-0.15, -0.1) is 10.9 Å². The number of nitrogens with one attached hydrogen (secondary N) is 1. The molecule has 0 unspecified atom stereocenters. The molecule has 0 spiro atoms. The highest BCUT2D eigenvalue weighted by molar-refractivity contribution is 7.95. The van der Waals surface area contributed by atoms with Gasteiger partial charge in [0.1, 0.15) is 29.5 Å². The van der Waals surface area contributed by atoms with Crippen molar-refractivity contribution < 1.29 is 14.3 Å². The molecule has 1 aliphatic rings. The van der Waals surface area contributed by atoms with E-state index >= 15 is 0 Å². The summed E-state index contributed by atoms with van der Waals surface area (Å²) in [5.41, 5.74) is 5.65. The van der Waals surface area contributed by atoms with Crippen molar-refractivity contribution in [2.24, 2.45) is 7.05 Å². The lowest BCUT2D eigenvalue weighted by Crippen LogP contribution is -2.38. The van der Waals surface area contributed by atoms with E-state index in [1.807, 2.05) is 71.7 Å². The number of fused-ring (bicyclic) bond motifs is 1. The van der Waals surface area contributed by atoms with Gasteiger partial charge in [0.15, 0.2) is 0 Å². The Bertz CT molecular complexity index is 1510. The fourth-order valence-corrected chi connectivity index (χ4v) is 4.97. The Hall–Kier alpha value is -3.73. The van der Waals surface area contributed by atoms with Crippen LogP contribution in [0.5, 0.6) is 5.75 Å². The van der Waals surface area contributed by atoms with Gasteiger partial charge in [0, 0.05) is 32.7 Å². The van der Waals surface area contributed by atoms with Gasteiger partial charge in [-0.25, -0.2) is 4.98 Å². The maximum Gasteiger partial charge on any atom is 0.259 e. The first-order chi connectivity index (χ1) is 18.5. The van der Waals surface area contributed by atoms with Crippen LogP contribution in [-0.4, -0.2) is 80.5 Å². The predicted octanol–water partition coefficient (Wildman–Crippen LogP) is 3.87. The third kappa shape index (κ3) is 5.57. The van der Waals surface area contributed by atoms with E-state index in [0.29, 0.717) is 29.3 Å².